The summed E-state index contributed by atoms with van der Waals surface area (Å²) in [6.07, 6.45) is -0.666. The van der Waals surface area contributed by atoms with Gasteiger partial charge in [-0.15, -0.1) is 0 Å². The van der Waals surface area contributed by atoms with E-state index >= 15 is 0 Å². The molecule has 0 radical (unpaired) electrons. The second kappa shape index (κ2) is 13.8. The van der Waals surface area contributed by atoms with E-state index < -0.39 is 40.3 Å². The molecule has 0 aliphatic heterocycles. The van der Waals surface area contributed by atoms with Crippen LogP contribution < -0.4 is 5.32 Å². The van der Waals surface area contributed by atoms with Gasteiger partial charge in [0.1, 0.15) is 6.04 Å². The second-order valence-corrected chi connectivity index (χ2v) is 4.30. The van der Waals surface area contributed by atoms with Crippen molar-refractivity contribution in [3.8, 4) is 0 Å². The standard InChI is InChI=1S/C6H11NO7S.3Na.3H/c8-5(9)3-4(6(10)11)7-1-2-15(12,13)14;;;;;;/h4,7H,1-3H2,(H,8,9)(H,10,11)(H,12,13,14);;;;;;/t4-;;;;;;/m0....../s1. The summed E-state index contributed by atoms with van der Waals surface area (Å²) >= 11 is 0. The third-order valence-electron chi connectivity index (χ3n) is 1.43. The Balaban J connectivity index is -0.000000327. The molecule has 0 spiro atoms. The minimum atomic E-state index is -4.18. The van der Waals surface area contributed by atoms with Gasteiger partial charge < -0.3 is 15.5 Å². The van der Waals surface area contributed by atoms with Crippen LogP contribution in [0.4, 0.5) is 0 Å². The summed E-state index contributed by atoms with van der Waals surface area (Å²) in [6, 6.07) is -1.37. The number of nitrogens with one attached hydrogen (secondary N) is 1. The third kappa shape index (κ3) is 17.8. The van der Waals surface area contributed by atoms with E-state index in [0.29, 0.717) is 0 Å². The summed E-state index contributed by atoms with van der Waals surface area (Å²) in [4.78, 5) is 20.7. The Morgan fingerprint density at radius 3 is 1.83 bits per heavy atom. The summed E-state index contributed by atoms with van der Waals surface area (Å²) in [5.41, 5.74) is 0. The molecule has 0 aliphatic rings. The molecule has 0 fully saturated rings. The van der Waals surface area contributed by atoms with Crippen LogP contribution in [-0.4, -0.2) is 142 Å². The molecular weight excluding hydrogens is 299 g/mol. The number of hydrogen-bond acceptors (Lipinski definition) is 5. The summed E-state index contributed by atoms with van der Waals surface area (Å²) in [6.45, 7) is -0.330. The fraction of sp³-hybridized carbons (Fsp3) is 0.667. The molecule has 0 aliphatic carbocycles. The molecule has 0 unspecified atom stereocenters. The molecule has 0 bridgehead atoms. The molecule has 0 aromatic heterocycles. The maximum atomic E-state index is 10.5. The zero-order valence-electron chi connectivity index (χ0n) is 7.58. The first-order valence-corrected chi connectivity index (χ1v) is 5.46. The van der Waals surface area contributed by atoms with Crippen LogP contribution in [-0.2, 0) is 19.7 Å². The van der Waals surface area contributed by atoms with Crippen molar-refractivity contribution < 1.29 is 32.8 Å². The number of carboxylic acid groups (broad SMARTS) is 2. The van der Waals surface area contributed by atoms with Gasteiger partial charge in [0, 0.05) is 6.54 Å². The van der Waals surface area contributed by atoms with Crippen molar-refractivity contribution in [1.29, 1.82) is 0 Å². The molecule has 0 saturated carbocycles. The number of carboxylic acids is 2. The van der Waals surface area contributed by atoms with Gasteiger partial charge in [-0.25, -0.2) is 0 Å². The van der Waals surface area contributed by atoms with E-state index in [-0.39, 0.29) is 95.2 Å². The van der Waals surface area contributed by atoms with Gasteiger partial charge in [0.15, 0.2) is 0 Å². The Morgan fingerprint density at radius 2 is 1.56 bits per heavy atom. The molecule has 4 N–H and O–H groups in total. The van der Waals surface area contributed by atoms with E-state index in [1.807, 2.05) is 0 Å². The van der Waals surface area contributed by atoms with Crippen molar-refractivity contribution in [2.45, 2.75) is 12.5 Å². The molecule has 18 heavy (non-hydrogen) atoms. The zero-order valence-corrected chi connectivity index (χ0v) is 8.40. The molecule has 0 saturated heterocycles. The van der Waals surface area contributed by atoms with Gasteiger partial charge in [0.2, 0.25) is 0 Å². The normalized spacial score (nSPS) is 11.2. The molecule has 0 rings (SSSR count). The van der Waals surface area contributed by atoms with Gasteiger partial charge >= 0.3 is 101 Å². The Bertz CT molecular complexity index is 347. The Kier molecular flexibility index (Phi) is 21.5. The average Bonchev–Trinajstić information content (AvgIpc) is 1.99. The average molecular weight is 313 g/mol. The van der Waals surface area contributed by atoms with Crippen LogP contribution in [0.25, 0.3) is 0 Å². The van der Waals surface area contributed by atoms with Crippen LogP contribution in [0.15, 0.2) is 0 Å². The van der Waals surface area contributed by atoms with E-state index in [9.17, 15) is 18.0 Å². The van der Waals surface area contributed by atoms with E-state index in [1.54, 1.807) is 0 Å². The van der Waals surface area contributed by atoms with Crippen LogP contribution >= 0.6 is 0 Å². The molecule has 0 amide bonds. The number of aliphatic carboxylic acids is 2. The Morgan fingerprint density at radius 1 is 1.11 bits per heavy atom. The van der Waals surface area contributed by atoms with Gasteiger partial charge in [-0.2, -0.15) is 8.42 Å². The first-order chi connectivity index (χ1) is 6.72. The van der Waals surface area contributed by atoms with Crippen molar-refractivity contribution in [3.05, 3.63) is 0 Å². The topological polar surface area (TPSA) is 141 Å². The number of carbonyl (C=O) groups is 2. The Labute approximate surface area is 171 Å². The molecule has 12 heteroatoms. The third-order valence-corrected chi connectivity index (χ3v) is 2.15. The van der Waals surface area contributed by atoms with E-state index in [1.165, 1.54) is 0 Å². The maximum absolute atomic E-state index is 10.5. The monoisotopic (exact) mass is 313 g/mol. The molecule has 0 aromatic carbocycles. The SMILES string of the molecule is O=C(O)C[C@H](NCCS(=O)(=O)O)C(=O)O.[NaH].[NaH].[NaH]. The second-order valence-electron chi connectivity index (χ2n) is 2.73. The van der Waals surface area contributed by atoms with Gasteiger partial charge in [-0.3, -0.25) is 14.1 Å². The molecule has 0 heterocycles. The summed E-state index contributed by atoms with van der Waals surface area (Å²) in [5, 5.41) is 19.0. The van der Waals surface area contributed by atoms with E-state index in [4.69, 9.17) is 14.8 Å². The fourth-order valence-electron chi connectivity index (χ4n) is 0.784. The minimum absolute atomic E-state index is 0. The predicted molar refractivity (Wildman–Crippen MR) is 69.5 cm³/mol. The Hall–Kier alpha value is 1.81. The van der Waals surface area contributed by atoms with Crippen LogP contribution in [0.2, 0.25) is 0 Å². The zero-order chi connectivity index (χ0) is 12.1. The molecule has 8 nitrogen and oxygen atoms in total. The van der Waals surface area contributed by atoms with Crippen LogP contribution in [0.5, 0.6) is 0 Å². The van der Waals surface area contributed by atoms with Gasteiger partial charge in [0.05, 0.1) is 12.2 Å². The van der Waals surface area contributed by atoms with Gasteiger partial charge in [-0.1, -0.05) is 0 Å². The first-order valence-electron chi connectivity index (χ1n) is 3.85. The molecule has 1 atom stereocenters. The summed E-state index contributed by atoms with van der Waals surface area (Å²) in [5.74, 6) is -3.38. The summed E-state index contributed by atoms with van der Waals surface area (Å²) < 4.78 is 28.8. The molecule has 0 aromatic rings. The predicted octanol–water partition coefficient (Wildman–Crippen LogP) is -3.55. The van der Waals surface area contributed by atoms with Gasteiger partial charge in [-0.05, 0) is 0 Å². The van der Waals surface area contributed by atoms with Crippen molar-refractivity contribution >= 4 is 111 Å². The van der Waals surface area contributed by atoms with Crippen molar-refractivity contribution in [2.24, 2.45) is 0 Å². The van der Waals surface area contributed by atoms with Crippen molar-refractivity contribution in [1.82, 2.24) is 5.32 Å². The van der Waals surface area contributed by atoms with E-state index in [2.05, 4.69) is 5.32 Å². The molecular formula is C6H14NNa3O7S. The first kappa shape index (κ1) is 28.0. The number of rotatable bonds is 7. The number of hydrogen-bond donors (Lipinski definition) is 4. The summed E-state index contributed by atoms with van der Waals surface area (Å²) in [7, 11) is -4.18. The van der Waals surface area contributed by atoms with Crippen molar-refractivity contribution in [2.75, 3.05) is 12.3 Å². The van der Waals surface area contributed by atoms with Gasteiger partial charge in [0.25, 0.3) is 10.1 Å². The molecule has 94 valence electrons. The fourth-order valence-corrected chi connectivity index (χ4v) is 1.16. The van der Waals surface area contributed by atoms with Crippen LogP contribution in [0.1, 0.15) is 6.42 Å². The van der Waals surface area contributed by atoms with Crippen molar-refractivity contribution in [3.63, 3.8) is 0 Å². The van der Waals surface area contributed by atoms with Crippen LogP contribution in [0, 0.1) is 0 Å². The van der Waals surface area contributed by atoms with E-state index in [0.717, 1.165) is 0 Å². The van der Waals surface area contributed by atoms with Crippen LogP contribution in [0.3, 0.4) is 0 Å². The quantitative estimate of drug-likeness (QED) is 0.280.